The van der Waals surface area contributed by atoms with Crippen molar-refractivity contribution in [1.82, 2.24) is 10.2 Å². The lowest BCUT2D eigenvalue weighted by Crippen LogP contribution is -2.55. The van der Waals surface area contributed by atoms with Crippen molar-refractivity contribution in [2.75, 3.05) is 20.1 Å². The Morgan fingerprint density at radius 3 is 2.53 bits per heavy atom. The minimum absolute atomic E-state index is 0.247. The molecule has 0 radical (unpaired) electrons. The van der Waals surface area contributed by atoms with E-state index in [1.165, 1.54) is 0 Å². The fourth-order valence-electron chi connectivity index (χ4n) is 1.76. The zero-order valence-electron chi connectivity index (χ0n) is 10.7. The third-order valence-corrected chi connectivity index (χ3v) is 2.47. The van der Waals surface area contributed by atoms with E-state index in [0.29, 0.717) is 0 Å². The van der Waals surface area contributed by atoms with Gasteiger partial charge in [0.2, 0.25) is 0 Å². The highest BCUT2D eigenvalue weighted by Gasteiger charge is 2.42. The predicted octanol–water partition coefficient (Wildman–Crippen LogP) is 1.85. The monoisotopic (exact) mass is 250 g/mol. The van der Waals surface area contributed by atoms with Crippen molar-refractivity contribution >= 4 is 6.09 Å². The normalized spacial score (nSPS) is 24.6. The molecule has 17 heavy (non-hydrogen) atoms. The fraction of sp³-hybridized carbons (Fsp3) is 0.909. The molecular formula is C11H20F2N2O2. The maximum Gasteiger partial charge on any atom is 0.410 e. The molecule has 1 aliphatic heterocycles. The minimum atomic E-state index is -2.86. The number of piperidine rings is 1. The van der Waals surface area contributed by atoms with Crippen LogP contribution in [0.2, 0.25) is 0 Å². The van der Waals surface area contributed by atoms with Crippen molar-refractivity contribution in [3.8, 4) is 0 Å². The Balaban J connectivity index is 2.67. The molecule has 1 rings (SSSR count). The van der Waals surface area contributed by atoms with Crippen molar-refractivity contribution in [2.24, 2.45) is 0 Å². The molecule has 0 aromatic heterocycles. The third kappa shape index (κ3) is 4.46. The van der Waals surface area contributed by atoms with Crippen molar-refractivity contribution in [1.29, 1.82) is 0 Å². The maximum atomic E-state index is 13.4. The number of nitrogens with one attached hydrogen (secondary N) is 1. The smallest absolute Gasteiger partial charge is 0.410 e. The first-order valence-corrected chi connectivity index (χ1v) is 5.66. The number of hydrogen-bond acceptors (Lipinski definition) is 3. The van der Waals surface area contributed by atoms with Gasteiger partial charge in [-0.25, -0.2) is 13.6 Å². The molecule has 0 aromatic rings. The molecule has 1 amide bonds. The SMILES string of the molecule is CNC1CN(C(=O)OC(C)(C)C)CC(F)(F)C1. The molecule has 1 N–H and O–H groups in total. The number of likely N-dealkylation sites (tertiary alicyclic amines) is 1. The van der Waals surface area contributed by atoms with E-state index in [4.69, 9.17) is 4.74 Å². The Morgan fingerprint density at radius 2 is 2.06 bits per heavy atom. The average Bonchev–Trinajstić information content (AvgIpc) is 2.12. The van der Waals surface area contributed by atoms with Crippen LogP contribution in [0.3, 0.4) is 0 Å². The van der Waals surface area contributed by atoms with Crippen LogP contribution in [-0.4, -0.2) is 48.7 Å². The van der Waals surface area contributed by atoms with Gasteiger partial charge in [0.05, 0.1) is 6.54 Å². The van der Waals surface area contributed by atoms with E-state index in [0.717, 1.165) is 4.90 Å². The van der Waals surface area contributed by atoms with E-state index in [1.807, 2.05) is 0 Å². The molecule has 4 nitrogen and oxygen atoms in total. The largest absolute Gasteiger partial charge is 0.444 e. The molecule has 0 bridgehead atoms. The summed E-state index contributed by atoms with van der Waals surface area (Å²) in [5, 5.41) is 2.78. The number of hydrogen-bond donors (Lipinski definition) is 1. The van der Waals surface area contributed by atoms with E-state index < -0.39 is 30.2 Å². The first kappa shape index (κ1) is 14.2. The lowest BCUT2D eigenvalue weighted by Gasteiger charge is -2.38. The summed E-state index contributed by atoms with van der Waals surface area (Å²) in [6.07, 6.45) is -0.930. The lowest BCUT2D eigenvalue weighted by molar-refractivity contribution is -0.0777. The zero-order chi connectivity index (χ0) is 13.3. The van der Waals surface area contributed by atoms with E-state index >= 15 is 0 Å². The van der Waals surface area contributed by atoms with E-state index in [2.05, 4.69) is 5.32 Å². The number of nitrogens with zero attached hydrogens (tertiary/aromatic N) is 1. The fourth-order valence-corrected chi connectivity index (χ4v) is 1.76. The lowest BCUT2D eigenvalue weighted by atomic mass is 10.0. The number of likely N-dealkylation sites (N-methyl/N-ethyl adjacent to an activating group) is 1. The standard InChI is InChI=1S/C11H20F2N2O2/c1-10(2,3)17-9(16)15-6-8(14-4)5-11(12,13)7-15/h8,14H,5-7H2,1-4H3. The Morgan fingerprint density at radius 1 is 1.47 bits per heavy atom. The number of alkyl halides is 2. The number of ether oxygens (including phenoxy) is 1. The van der Waals surface area contributed by atoms with Crippen LogP contribution in [0.4, 0.5) is 13.6 Å². The number of rotatable bonds is 1. The number of carbonyl (C=O) groups is 1. The zero-order valence-corrected chi connectivity index (χ0v) is 10.7. The van der Waals surface area contributed by atoms with Gasteiger partial charge in [-0.2, -0.15) is 0 Å². The molecule has 1 fully saturated rings. The van der Waals surface area contributed by atoms with Crippen LogP contribution in [-0.2, 0) is 4.74 Å². The Hall–Kier alpha value is -0.910. The molecule has 1 heterocycles. The highest BCUT2D eigenvalue weighted by Crippen LogP contribution is 2.27. The minimum Gasteiger partial charge on any atom is -0.444 e. The summed E-state index contributed by atoms with van der Waals surface area (Å²) in [5.41, 5.74) is -0.668. The van der Waals surface area contributed by atoms with Crippen molar-refractivity contribution in [3.05, 3.63) is 0 Å². The van der Waals surface area contributed by atoms with Gasteiger partial charge in [0.25, 0.3) is 5.92 Å². The molecule has 0 aliphatic carbocycles. The summed E-state index contributed by atoms with van der Waals surface area (Å²) in [7, 11) is 1.61. The molecule has 0 aromatic carbocycles. The second-order valence-electron chi connectivity index (χ2n) is 5.41. The predicted molar refractivity (Wildman–Crippen MR) is 60.2 cm³/mol. The van der Waals surface area contributed by atoms with Crippen LogP contribution in [0.15, 0.2) is 0 Å². The summed E-state index contributed by atoms with van der Waals surface area (Å²) < 4.78 is 31.9. The van der Waals surface area contributed by atoms with Crippen LogP contribution in [0.25, 0.3) is 0 Å². The van der Waals surface area contributed by atoms with Gasteiger partial charge < -0.3 is 15.0 Å². The van der Waals surface area contributed by atoms with Gasteiger partial charge in [-0.05, 0) is 27.8 Å². The molecule has 100 valence electrons. The summed E-state index contributed by atoms with van der Waals surface area (Å²) in [5.74, 6) is -2.86. The molecule has 1 unspecified atom stereocenters. The molecule has 6 heteroatoms. The first-order chi connectivity index (χ1) is 7.63. The van der Waals surface area contributed by atoms with Crippen LogP contribution < -0.4 is 5.32 Å². The van der Waals surface area contributed by atoms with Crippen molar-refractivity contribution < 1.29 is 18.3 Å². The molecule has 1 saturated heterocycles. The van der Waals surface area contributed by atoms with Gasteiger partial charge in [0, 0.05) is 19.0 Å². The van der Waals surface area contributed by atoms with Gasteiger partial charge in [-0.3, -0.25) is 0 Å². The molecule has 1 atom stereocenters. The second kappa shape index (κ2) is 4.76. The third-order valence-electron chi connectivity index (χ3n) is 2.47. The Labute approximate surface area is 100 Å². The summed E-state index contributed by atoms with van der Waals surface area (Å²) in [6.45, 7) is 4.81. The average molecular weight is 250 g/mol. The quantitative estimate of drug-likeness (QED) is 0.772. The van der Waals surface area contributed by atoms with Crippen LogP contribution >= 0.6 is 0 Å². The van der Waals surface area contributed by atoms with E-state index in [9.17, 15) is 13.6 Å². The van der Waals surface area contributed by atoms with Gasteiger partial charge in [-0.1, -0.05) is 0 Å². The topological polar surface area (TPSA) is 41.6 Å². The molecular weight excluding hydrogens is 230 g/mol. The van der Waals surface area contributed by atoms with E-state index in [1.54, 1.807) is 27.8 Å². The highest BCUT2D eigenvalue weighted by atomic mass is 19.3. The number of amides is 1. The summed E-state index contributed by atoms with van der Waals surface area (Å²) in [6, 6.07) is -0.397. The molecule has 1 aliphatic rings. The van der Waals surface area contributed by atoms with Gasteiger partial charge in [0.1, 0.15) is 5.60 Å². The van der Waals surface area contributed by atoms with E-state index in [-0.39, 0.29) is 13.0 Å². The molecule has 0 spiro atoms. The van der Waals surface area contributed by atoms with Crippen LogP contribution in [0.1, 0.15) is 27.2 Å². The van der Waals surface area contributed by atoms with Crippen molar-refractivity contribution in [2.45, 2.75) is 44.8 Å². The van der Waals surface area contributed by atoms with Crippen molar-refractivity contribution in [3.63, 3.8) is 0 Å². The summed E-state index contributed by atoms with van der Waals surface area (Å²) in [4.78, 5) is 12.8. The van der Waals surface area contributed by atoms with Gasteiger partial charge >= 0.3 is 6.09 Å². The summed E-state index contributed by atoms with van der Waals surface area (Å²) >= 11 is 0. The van der Waals surface area contributed by atoms with Gasteiger partial charge in [-0.15, -0.1) is 0 Å². The Kier molecular flexibility index (Phi) is 3.96. The second-order valence-corrected chi connectivity index (χ2v) is 5.41. The first-order valence-electron chi connectivity index (χ1n) is 5.66. The van der Waals surface area contributed by atoms with Crippen LogP contribution in [0, 0.1) is 0 Å². The number of halogens is 2. The Bertz CT molecular complexity index is 290. The van der Waals surface area contributed by atoms with Gasteiger partial charge in [0.15, 0.2) is 0 Å². The number of carbonyl (C=O) groups excluding carboxylic acids is 1. The maximum absolute atomic E-state index is 13.4. The highest BCUT2D eigenvalue weighted by molar-refractivity contribution is 5.68. The molecule has 0 saturated carbocycles. The van der Waals surface area contributed by atoms with Crippen LogP contribution in [0.5, 0.6) is 0 Å².